The van der Waals surface area contributed by atoms with Gasteiger partial charge in [-0.2, -0.15) is 0 Å². The molecule has 0 unspecified atom stereocenters. The van der Waals surface area contributed by atoms with Gasteiger partial charge in [0.2, 0.25) is 0 Å². The highest BCUT2D eigenvalue weighted by molar-refractivity contribution is 5.59. The Hall–Kier alpha value is -1.90. The van der Waals surface area contributed by atoms with Gasteiger partial charge >= 0.3 is 0 Å². The van der Waals surface area contributed by atoms with Gasteiger partial charge in [0, 0.05) is 12.0 Å². The third-order valence-corrected chi connectivity index (χ3v) is 2.87. The molecule has 0 spiro atoms. The molecule has 1 heterocycles. The van der Waals surface area contributed by atoms with Crippen molar-refractivity contribution >= 4 is 0 Å². The standard InChI is InChI=1S/C15H17FN2/c1-3-4-5-6-15-17-10-14(18-15)12-8-7-11(2)9-13(12)16/h3,7-10H,1,4-6H2,2H3,(H,17,18). The SMILES string of the molecule is C=CCCCc1ncc(-c2ccc(C)cc2F)[nH]1. The fourth-order valence-electron chi connectivity index (χ4n) is 1.88. The van der Waals surface area contributed by atoms with E-state index in [1.54, 1.807) is 12.3 Å². The number of H-pyrrole nitrogens is 1. The molecule has 2 nitrogen and oxygen atoms in total. The minimum Gasteiger partial charge on any atom is -0.342 e. The number of aromatic nitrogens is 2. The number of aryl methyl sites for hydroxylation is 2. The second-order valence-electron chi connectivity index (χ2n) is 4.41. The molecular formula is C15H17FN2. The third kappa shape index (κ3) is 2.86. The summed E-state index contributed by atoms with van der Waals surface area (Å²) in [4.78, 5) is 7.43. The van der Waals surface area contributed by atoms with Crippen LogP contribution in [0.2, 0.25) is 0 Å². The van der Waals surface area contributed by atoms with Crippen LogP contribution >= 0.6 is 0 Å². The first-order chi connectivity index (χ1) is 8.70. The molecular weight excluding hydrogens is 227 g/mol. The van der Waals surface area contributed by atoms with Gasteiger partial charge in [0.15, 0.2) is 0 Å². The second kappa shape index (κ2) is 5.63. The number of hydrogen-bond donors (Lipinski definition) is 1. The molecule has 1 aromatic heterocycles. The van der Waals surface area contributed by atoms with Crippen LogP contribution in [-0.2, 0) is 6.42 Å². The Balaban J connectivity index is 2.16. The minimum absolute atomic E-state index is 0.212. The number of nitrogens with one attached hydrogen (secondary N) is 1. The smallest absolute Gasteiger partial charge is 0.132 e. The Morgan fingerprint density at radius 3 is 3.00 bits per heavy atom. The lowest BCUT2D eigenvalue weighted by Gasteiger charge is -2.01. The maximum atomic E-state index is 13.8. The van der Waals surface area contributed by atoms with Gasteiger partial charge in [0.1, 0.15) is 11.6 Å². The molecule has 0 aliphatic carbocycles. The van der Waals surface area contributed by atoms with Crippen molar-refractivity contribution in [3.05, 3.63) is 54.3 Å². The molecule has 2 rings (SSSR count). The van der Waals surface area contributed by atoms with Crippen LogP contribution in [0.4, 0.5) is 4.39 Å². The van der Waals surface area contributed by atoms with Crippen LogP contribution in [0.3, 0.4) is 0 Å². The van der Waals surface area contributed by atoms with E-state index in [9.17, 15) is 4.39 Å². The first-order valence-corrected chi connectivity index (χ1v) is 6.12. The zero-order chi connectivity index (χ0) is 13.0. The monoisotopic (exact) mass is 244 g/mol. The van der Waals surface area contributed by atoms with Crippen LogP contribution in [0.15, 0.2) is 37.1 Å². The quantitative estimate of drug-likeness (QED) is 0.624. The highest BCUT2D eigenvalue weighted by atomic mass is 19.1. The highest BCUT2D eigenvalue weighted by Crippen LogP contribution is 2.22. The number of hydrogen-bond acceptors (Lipinski definition) is 1. The molecule has 18 heavy (non-hydrogen) atoms. The van der Waals surface area contributed by atoms with Crippen molar-refractivity contribution in [2.24, 2.45) is 0 Å². The normalized spacial score (nSPS) is 10.6. The van der Waals surface area contributed by atoms with Gasteiger partial charge < -0.3 is 4.98 Å². The van der Waals surface area contributed by atoms with Crippen LogP contribution in [0, 0.1) is 12.7 Å². The number of benzene rings is 1. The van der Waals surface area contributed by atoms with Crippen molar-refractivity contribution in [1.82, 2.24) is 9.97 Å². The van der Waals surface area contributed by atoms with E-state index in [0.717, 1.165) is 36.3 Å². The first kappa shape index (κ1) is 12.6. The van der Waals surface area contributed by atoms with E-state index in [2.05, 4.69) is 16.5 Å². The van der Waals surface area contributed by atoms with Crippen LogP contribution in [0.5, 0.6) is 0 Å². The summed E-state index contributed by atoms with van der Waals surface area (Å²) in [5.41, 5.74) is 2.23. The average Bonchev–Trinajstić information content (AvgIpc) is 2.78. The molecule has 94 valence electrons. The van der Waals surface area contributed by atoms with Crippen LogP contribution in [-0.4, -0.2) is 9.97 Å². The molecule has 1 N–H and O–H groups in total. The van der Waals surface area contributed by atoms with Crippen molar-refractivity contribution in [3.63, 3.8) is 0 Å². The molecule has 0 saturated carbocycles. The van der Waals surface area contributed by atoms with Gasteiger partial charge in [-0.05, 0) is 37.5 Å². The van der Waals surface area contributed by atoms with Crippen molar-refractivity contribution in [2.75, 3.05) is 0 Å². The summed E-state index contributed by atoms with van der Waals surface area (Å²) in [5, 5.41) is 0. The molecule has 2 aromatic rings. The van der Waals surface area contributed by atoms with Gasteiger partial charge in [0.25, 0.3) is 0 Å². The van der Waals surface area contributed by atoms with E-state index in [-0.39, 0.29) is 5.82 Å². The number of imidazole rings is 1. The van der Waals surface area contributed by atoms with Crippen molar-refractivity contribution < 1.29 is 4.39 Å². The summed E-state index contributed by atoms with van der Waals surface area (Å²) in [7, 11) is 0. The second-order valence-corrected chi connectivity index (χ2v) is 4.41. The lowest BCUT2D eigenvalue weighted by atomic mass is 10.1. The van der Waals surface area contributed by atoms with E-state index in [0.29, 0.717) is 5.56 Å². The minimum atomic E-state index is -0.212. The van der Waals surface area contributed by atoms with E-state index in [4.69, 9.17) is 0 Å². The van der Waals surface area contributed by atoms with Gasteiger partial charge in [-0.15, -0.1) is 6.58 Å². The molecule has 0 aliphatic rings. The average molecular weight is 244 g/mol. The lowest BCUT2D eigenvalue weighted by Crippen LogP contribution is -1.89. The van der Waals surface area contributed by atoms with Gasteiger partial charge in [-0.25, -0.2) is 9.37 Å². The Morgan fingerprint density at radius 2 is 2.28 bits per heavy atom. The number of aromatic amines is 1. The molecule has 0 fully saturated rings. The number of rotatable bonds is 5. The fraction of sp³-hybridized carbons (Fsp3) is 0.267. The Morgan fingerprint density at radius 1 is 1.44 bits per heavy atom. The summed E-state index contributed by atoms with van der Waals surface area (Å²) < 4.78 is 13.8. The largest absolute Gasteiger partial charge is 0.342 e. The van der Waals surface area contributed by atoms with E-state index in [1.807, 2.05) is 19.1 Å². The zero-order valence-electron chi connectivity index (χ0n) is 10.5. The fourth-order valence-corrected chi connectivity index (χ4v) is 1.88. The Labute approximate surface area is 107 Å². The molecule has 3 heteroatoms. The van der Waals surface area contributed by atoms with E-state index in [1.165, 1.54) is 6.07 Å². The summed E-state index contributed by atoms with van der Waals surface area (Å²) >= 11 is 0. The number of halogens is 1. The van der Waals surface area contributed by atoms with Crippen LogP contribution < -0.4 is 0 Å². The number of allylic oxidation sites excluding steroid dienone is 1. The highest BCUT2D eigenvalue weighted by Gasteiger charge is 2.08. The zero-order valence-corrected chi connectivity index (χ0v) is 10.5. The summed E-state index contributed by atoms with van der Waals surface area (Å²) in [6.45, 7) is 5.56. The van der Waals surface area contributed by atoms with Gasteiger partial charge in [-0.3, -0.25) is 0 Å². The topological polar surface area (TPSA) is 28.7 Å². The number of nitrogens with zero attached hydrogens (tertiary/aromatic N) is 1. The molecule has 0 radical (unpaired) electrons. The molecule has 0 atom stereocenters. The molecule has 0 bridgehead atoms. The predicted molar refractivity (Wildman–Crippen MR) is 71.9 cm³/mol. The summed E-state index contributed by atoms with van der Waals surface area (Å²) in [6, 6.07) is 5.22. The van der Waals surface area contributed by atoms with Gasteiger partial charge in [0.05, 0.1) is 11.9 Å². The van der Waals surface area contributed by atoms with E-state index >= 15 is 0 Å². The van der Waals surface area contributed by atoms with Crippen LogP contribution in [0.25, 0.3) is 11.3 Å². The van der Waals surface area contributed by atoms with Crippen LogP contribution in [0.1, 0.15) is 24.2 Å². The predicted octanol–water partition coefficient (Wildman–Crippen LogP) is 4.03. The molecule has 0 amide bonds. The Bertz CT molecular complexity index is 543. The Kier molecular flexibility index (Phi) is 3.92. The summed E-state index contributed by atoms with van der Waals surface area (Å²) in [6.07, 6.45) is 6.42. The molecule has 0 aliphatic heterocycles. The van der Waals surface area contributed by atoms with Crippen molar-refractivity contribution in [3.8, 4) is 11.3 Å². The number of unbranched alkanes of at least 4 members (excludes halogenated alkanes) is 1. The maximum Gasteiger partial charge on any atom is 0.132 e. The van der Waals surface area contributed by atoms with Crippen molar-refractivity contribution in [1.29, 1.82) is 0 Å². The molecule has 0 saturated heterocycles. The van der Waals surface area contributed by atoms with E-state index < -0.39 is 0 Å². The van der Waals surface area contributed by atoms with Crippen molar-refractivity contribution in [2.45, 2.75) is 26.2 Å². The maximum absolute atomic E-state index is 13.8. The van der Waals surface area contributed by atoms with Gasteiger partial charge in [-0.1, -0.05) is 12.1 Å². The lowest BCUT2D eigenvalue weighted by molar-refractivity contribution is 0.629. The first-order valence-electron chi connectivity index (χ1n) is 6.12. The third-order valence-electron chi connectivity index (χ3n) is 2.87. The molecule has 1 aromatic carbocycles. The summed E-state index contributed by atoms with van der Waals surface area (Å²) in [5.74, 6) is 0.683.